The molecule has 0 saturated heterocycles. The second kappa shape index (κ2) is 13.9. The quantitative estimate of drug-likeness (QED) is 0.262. The van der Waals surface area contributed by atoms with Gasteiger partial charge in [0.2, 0.25) is 5.91 Å². The number of furan rings is 1. The Bertz CT molecular complexity index is 1050. The molecule has 0 aliphatic heterocycles. The second-order valence-electron chi connectivity index (χ2n) is 8.47. The summed E-state index contributed by atoms with van der Waals surface area (Å²) in [5.74, 6) is -0.126. The number of benzene rings is 1. The predicted octanol–water partition coefficient (Wildman–Crippen LogP) is 5.20. The van der Waals surface area contributed by atoms with E-state index in [9.17, 15) is 9.59 Å². The van der Waals surface area contributed by atoms with Crippen LogP contribution in [-0.4, -0.2) is 59.5 Å². The number of unbranched alkanes of at least 4 members (excludes halogenated alkanes) is 1. The highest BCUT2D eigenvalue weighted by molar-refractivity contribution is 9.10. The maximum Gasteiger partial charge on any atom is 0.290 e. The molecule has 3 rings (SSSR count). The fourth-order valence-corrected chi connectivity index (χ4v) is 4.11. The van der Waals surface area contributed by atoms with Crippen LogP contribution in [0.25, 0.3) is 0 Å². The van der Waals surface area contributed by atoms with Crippen LogP contribution in [0.4, 0.5) is 0 Å². The lowest BCUT2D eigenvalue weighted by Gasteiger charge is -2.28. The van der Waals surface area contributed by atoms with Gasteiger partial charge in [0.25, 0.3) is 5.91 Å². The Morgan fingerprint density at radius 1 is 1.03 bits per heavy atom. The minimum Gasteiger partial charge on any atom is -0.459 e. The van der Waals surface area contributed by atoms with Crippen molar-refractivity contribution in [2.45, 2.75) is 39.3 Å². The van der Waals surface area contributed by atoms with Gasteiger partial charge in [0.1, 0.15) is 6.54 Å². The molecule has 0 aliphatic rings. The first kappa shape index (κ1) is 26.8. The highest BCUT2D eigenvalue weighted by Gasteiger charge is 2.24. The molecule has 0 aliphatic carbocycles. The number of ether oxygens (including phenoxy) is 1. The van der Waals surface area contributed by atoms with Crippen molar-refractivity contribution in [1.29, 1.82) is 0 Å². The van der Waals surface area contributed by atoms with Crippen molar-refractivity contribution in [1.82, 2.24) is 14.4 Å². The van der Waals surface area contributed by atoms with Gasteiger partial charge in [0.05, 0.1) is 12.8 Å². The largest absolute Gasteiger partial charge is 0.459 e. The van der Waals surface area contributed by atoms with E-state index in [1.54, 1.807) is 24.1 Å². The Kier molecular flexibility index (Phi) is 10.6. The standard InChI is InChI=1S/C27H34BrN3O4/c1-3-4-14-30(20-24-8-5-15-29(24)19-22-10-12-23(28)13-11-22)26(32)21-31(16-7-17-34-2)27(33)25-9-6-18-35-25/h5-6,8-13,15,18H,3-4,7,14,16-17,19-21H2,1-2H3. The Morgan fingerprint density at radius 3 is 2.49 bits per heavy atom. The van der Waals surface area contributed by atoms with Crippen LogP contribution in [-0.2, 0) is 22.6 Å². The first-order valence-corrected chi connectivity index (χ1v) is 12.8. The summed E-state index contributed by atoms with van der Waals surface area (Å²) in [5, 5.41) is 0. The van der Waals surface area contributed by atoms with Crippen molar-refractivity contribution < 1.29 is 18.7 Å². The van der Waals surface area contributed by atoms with Gasteiger partial charge < -0.3 is 23.5 Å². The molecule has 2 heterocycles. The SMILES string of the molecule is CCCCN(Cc1cccn1Cc1ccc(Br)cc1)C(=O)CN(CCCOC)C(=O)c1ccco1. The molecule has 0 unspecified atom stereocenters. The third-order valence-electron chi connectivity index (χ3n) is 5.80. The summed E-state index contributed by atoms with van der Waals surface area (Å²) in [6.45, 7) is 4.89. The molecule has 2 amide bonds. The van der Waals surface area contributed by atoms with Crippen LogP contribution in [0.2, 0.25) is 0 Å². The van der Waals surface area contributed by atoms with Crippen LogP contribution in [0.1, 0.15) is 48.0 Å². The Labute approximate surface area is 215 Å². The number of carbonyl (C=O) groups excluding carboxylic acids is 2. The van der Waals surface area contributed by atoms with Crippen LogP contribution < -0.4 is 0 Å². The molecule has 0 atom stereocenters. The molecule has 8 heteroatoms. The molecular weight excluding hydrogens is 510 g/mol. The Hall–Kier alpha value is -2.84. The van der Waals surface area contributed by atoms with Gasteiger partial charge in [-0.15, -0.1) is 0 Å². The molecule has 2 aromatic heterocycles. The molecule has 35 heavy (non-hydrogen) atoms. The van der Waals surface area contributed by atoms with Crippen LogP contribution in [0.5, 0.6) is 0 Å². The van der Waals surface area contributed by atoms with E-state index in [1.807, 2.05) is 29.3 Å². The van der Waals surface area contributed by atoms with Crippen LogP contribution >= 0.6 is 15.9 Å². The van der Waals surface area contributed by atoms with Gasteiger partial charge in [-0.05, 0) is 54.8 Å². The van der Waals surface area contributed by atoms with Crippen molar-refractivity contribution >= 4 is 27.7 Å². The molecule has 188 valence electrons. The number of methoxy groups -OCH3 is 1. The minimum atomic E-state index is -0.284. The topological polar surface area (TPSA) is 67.9 Å². The number of rotatable bonds is 14. The zero-order valence-electron chi connectivity index (χ0n) is 20.5. The lowest BCUT2D eigenvalue weighted by molar-refractivity contribution is -0.132. The van der Waals surface area contributed by atoms with E-state index >= 15 is 0 Å². The van der Waals surface area contributed by atoms with Gasteiger partial charge in [-0.2, -0.15) is 0 Å². The lowest BCUT2D eigenvalue weighted by Crippen LogP contribution is -2.43. The number of hydrogen-bond donors (Lipinski definition) is 0. The molecule has 0 spiro atoms. The average Bonchev–Trinajstić information content (AvgIpc) is 3.54. The van der Waals surface area contributed by atoms with E-state index in [1.165, 1.54) is 11.8 Å². The summed E-state index contributed by atoms with van der Waals surface area (Å²) in [4.78, 5) is 29.9. The predicted molar refractivity (Wildman–Crippen MR) is 139 cm³/mol. The molecule has 0 bridgehead atoms. The van der Waals surface area contributed by atoms with Crippen molar-refractivity contribution in [3.8, 4) is 0 Å². The van der Waals surface area contributed by atoms with E-state index in [4.69, 9.17) is 9.15 Å². The summed E-state index contributed by atoms with van der Waals surface area (Å²) in [5.41, 5.74) is 2.24. The number of carbonyl (C=O) groups is 2. The number of amides is 2. The maximum atomic E-state index is 13.5. The zero-order valence-corrected chi connectivity index (χ0v) is 22.1. The van der Waals surface area contributed by atoms with Crippen molar-refractivity contribution in [3.05, 3.63) is 82.5 Å². The van der Waals surface area contributed by atoms with E-state index in [-0.39, 0.29) is 24.1 Å². The molecule has 0 N–H and O–H groups in total. The van der Waals surface area contributed by atoms with Crippen molar-refractivity contribution in [3.63, 3.8) is 0 Å². The normalized spacial score (nSPS) is 10.9. The fourth-order valence-electron chi connectivity index (χ4n) is 3.84. The van der Waals surface area contributed by atoms with Gasteiger partial charge in [-0.1, -0.05) is 41.4 Å². The zero-order chi connectivity index (χ0) is 25.0. The maximum absolute atomic E-state index is 13.5. The monoisotopic (exact) mass is 543 g/mol. The third kappa shape index (κ3) is 8.11. The molecule has 0 saturated carbocycles. The second-order valence-corrected chi connectivity index (χ2v) is 9.39. The first-order valence-electron chi connectivity index (χ1n) is 12.0. The van der Waals surface area contributed by atoms with E-state index in [0.29, 0.717) is 32.7 Å². The minimum absolute atomic E-state index is 0.000380. The average molecular weight is 544 g/mol. The highest BCUT2D eigenvalue weighted by Crippen LogP contribution is 2.15. The summed E-state index contributed by atoms with van der Waals surface area (Å²) in [7, 11) is 1.62. The molecular formula is C27H34BrN3O4. The number of aromatic nitrogens is 1. The van der Waals surface area contributed by atoms with Crippen LogP contribution in [0.3, 0.4) is 0 Å². The molecule has 7 nitrogen and oxygen atoms in total. The fraction of sp³-hybridized carbons (Fsp3) is 0.407. The Morgan fingerprint density at radius 2 is 1.80 bits per heavy atom. The summed E-state index contributed by atoms with van der Waals surface area (Å²) >= 11 is 3.48. The highest BCUT2D eigenvalue weighted by atomic mass is 79.9. The van der Waals surface area contributed by atoms with Gasteiger partial charge in [0.15, 0.2) is 5.76 Å². The first-order chi connectivity index (χ1) is 17.0. The smallest absolute Gasteiger partial charge is 0.290 e. The van der Waals surface area contributed by atoms with Gasteiger partial charge in [0, 0.05) is 49.7 Å². The van der Waals surface area contributed by atoms with Crippen molar-refractivity contribution in [2.75, 3.05) is 33.4 Å². The third-order valence-corrected chi connectivity index (χ3v) is 6.33. The van der Waals surface area contributed by atoms with E-state index < -0.39 is 0 Å². The van der Waals surface area contributed by atoms with Gasteiger partial charge in [-0.25, -0.2) is 0 Å². The number of halogens is 1. The van der Waals surface area contributed by atoms with E-state index in [2.05, 4.69) is 45.6 Å². The summed E-state index contributed by atoms with van der Waals surface area (Å²) < 4.78 is 13.7. The number of nitrogens with zero attached hydrogens (tertiary/aromatic N) is 3. The summed E-state index contributed by atoms with van der Waals surface area (Å²) in [6.07, 6.45) is 6.02. The van der Waals surface area contributed by atoms with Crippen LogP contribution in [0.15, 0.2) is 69.9 Å². The molecule has 0 radical (unpaired) electrons. The van der Waals surface area contributed by atoms with Gasteiger partial charge in [-0.3, -0.25) is 9.59 Å². The summed E-state index contributed by atoms with van der Waals surface area (Å²) in [6, 6.07) is 15.6. The van der Waals surface area contributed by atoms with Gasteiger partial charge >= 0.3 is 0 Å². The molecule has 0 fully saturated rings. The lowest BCUT2D eigenvalue weighted by atomic mass is 10.2. The van der Waals surface area contributed by atoms with Crippen LogP contribution in [0, 0.1) is 0 Å². The van der Waals surface area contributed by atoms with Crippen molar-refractivity contribution in [2.24, 2.45) is 0 Å². The Balaban J connectivity index is 1.72. The van der Waals surface area contributed by atoms with E-state index in [0.717, 1.165) is 29.6 Å². The molecule has 1 aromatic carbocycles. The number of hydrogen-bond acceptors (Lipinski definition) is 4. The molecule has 3 aromatic rings.